The Bertz CT molecular complexity index is 237. The van der Waals surface area contributed by atoms with Crippen LogP contribution in [-0.4, -0.2) is 36.2 Å². The second kappa shape index (κ2) is 6.88. The van der Waals surface area contributed by atoms with Crippen molar-refractivity contribution in [1.82, 2.24) is 4.90 Å². The lowest BCUT2D eigenvalue weighted by atomic mass is 9.76. The quantitative estimate of drug-likeness (QED) is 0.777. The molecule has 3 nitrogen and oxygen atoms in total. The second-order valence-corrected chi connectivity index (χ2v) is 4.97. The van der Waals surface area contributed by atoms with Gasteiger partial charge in [0.2, 0.25) is 0 Å². The van der Waals surface area contributed by atoms with Gasteiger partial charge in [0.25, 0.3) is 0 Å². The standard InChI is InChI=1S/C13H24N2O/c1-3-4-11-5-6-12(10-14)13(9-11)15(2)7-8-16/h11-13,16H,3-9H2,1-2H3. The highest BCUT2D eigenvalue weighted by atomic mass is 16.3. The summed E-state index contributed by atoms with van der Waals surface area (Å²) in [4.78, 5) is 2.16. The van der Waals surface area contributed by atoms with Gasteiger partial charge in [-0.05, 0) is 32.2 Å². The summed E-state index contributed by atoms with van der Waals surface area (Å²) in [6, 6.07) is 2.78. The van der Waals surface area contributed by atoms with E-state index in [1.54, 1.807) is 0 Å². The second-order valence-electron chi connectivity index (χ2n) is 4.97. The van der Waals surface area contributed by atoms with E-state index >= 15 is 0 Å². The van der Waals surface area contributed by atoms with Crippen LogP contribution < -0.4 is 0 Å². The van der Waals surface area contributed by atoms with Crippen molar-refractivity contribution < 1.29 is 5.11 Å². The Morgan fingerprint density at radius 2 is 2.19 bits per heavy atom. The normalized spacial score (nSPS) is 30.3. The molecule has 1 fully saturated rings. The summed E-state index contributed by atoms with van der Waals surface area (Å²) in [5.41, 5.74) is 0. The highest BCUT2D eigenvalue weighted by Gasteiger charge is 2.32. The van der Waals surface area contributed by atoms with E-state index in [-0.39, 0.29) is 12.5 Å². The topological polar surface area (TPSA) is 47.3 Å². The Labute approximate surface area is 99.1 Å². The molecule has 0 radical (unpaired) electrons. The molecule has 1 N–H and O–H groups in total. The number of hydrogen-bond acceptors (Lipinski definition) is 3. The van der Waals surface area contributed by atoms with E-state index in [0.717, 1.165) is 18.8 Å². The van der Waals surface area contributed by atoms with Gasteiger partial charge in [-0.1, -0.05) is 19.8 Å². The summed E-state index contributed by atoms with van der Waals surface area (Å²) in [5, 5.41) is 18.1. The Balaban J connectivity index is 2.57. The van der Waals surface area contributed by atoms with Gasteiger partial charge in [0, 0.05) is 12.6 Å². The van der Waals surface area contributed by atoms with Crippen molar-refractivity contribution in [2.45, 2.75) is 45.1 Å². The zero-order valence-electron chi connectivity index (χ0n) is 10.5. The molecule has 0 aromatic rings. The van der Waals surface area contributed by atoms with Crippen LogP contribution in [0.1, 0.15) is 39.0 Å². The third kappa shape index (κ3) is 3.47. The summed E-state index contributed by atoms with van der Waals surface area (Å²) in [5.74, 6) is 0.936. The summed E-state index contributed by atoms with van der Waals surface area (Å²) in [6.45, 7) is 3.09. The Kier molecular flexibility index (Phi) is 5.79. The van der Waals surface area contributed by atoms with Crippen LogP contribution in [0.2, 0.25) is 0 Å². The molecule has 3 atom stereocenters. The lowest BCUT2D eigenvalue weighted by Gasteiger charge is -2.38. The van der Waals surface area contributed by atoms with Crippen LogP contribution in [0.4, 0.5) is 0 Å². The fourth-order valence-electron chi connectivity index (χ4n) is 2.86. The van der Waals surface area contributed by atoms with E-state index < -0.39 is 0 Å². The number of nitriles is 1. The molecule has 1 aliphatic carbocycles. The molecule has 0 aliphatic heterocycles. The van der Waals surface area contributed by atoms with Crippen molar-refractivity contribution >= 4 is 0 Å². The predicted octanol–water partition coefficient (Wildman–Crippen LogP) is 2.02. The largest absolute Gasteiger partial charge is 0.395 e. The fourth-order valence-corrected chi connectivity index (χ4v) is 2.86. The van der Waals surface area contributed by atoms with E-state index in [9.17, 15) is 0 Å². The summed E-state index contributed by atoms with van der Waals surface area (Å²) in [6.07, 6.45) is 5.87. The molecular formula is C13H24N2O. The Morgan fingerprint density at radius 3 is 2.75 bits per heavy atom. The van der Waals surface area contributed by atoms with Gasteiger partial charge in [0.15, 0.2) is 0 Å². The number of aliphatic hydroxyl groups excluding tert-OH is 1. The van der Waals surface area contributed by atoms with Crippen molar-refractivity contribution in [3.8, 4) is 6.07 Å². The molecule has 92 valence electrons. The maximum Gasteiger partial charge on any atom is 0.0672 e. The number of aliphatic hydroxyl groups is 1. The van der Waals surface area contributed by atoms with Crippen LogP contribution in [0.25, 0.3) is 0 Å². The van der Waals surface area contributed by atoms with Crippen molar-refractivity contribution in [2.75, 3.05) is 20.2 Å². The van der Waals surface area contributed by atoms with Gasteiger partial charge in [-0.2, -0.15) is 5.26 Å². The molecule has 1 aliphatic rings. The molecule has 0 saturated heterocycles. The van der Waals surface area contributed by atoms with Crippen LogP contribution >= 0.6 is 0 Å². The van der Waals surface area contributed by atoms with Gasteiger partial charge in [0.05, 0.1) is 18.6 Å². The summed E-state index contributed by atoms with van der Waals surface area (Å²) < 4.78 is 0. The third-order valence-electron chi connectivity index (χ3n) is 3.81. The van der Waals surface area contributed by atoms with Gasteiger partial charge in [-0.3, -0.25) is 4.90 Å². The van der Waals surface area contributed by atoms with Crippen molar-refractivity contribution in [2.24, 2.45) is 11.8 Å². The molecule has 1 rings (SSSR count). The molecule has 3 heteroatoms. The summed E-state index contributed by atoms with van der Waals surface area (Å²) in [7, 11) is 2.03. The Hall–Kier alpha value is -0.590. The van der Waals surface area contributed by atoms with Crippen LogP contribution in [0, 0.1) is 23.2 Å². The number of likely N-dealkylation sites (N-methyl/N-ethyl adjacent to an activating group) is 1. The minimum atomic E-state index is 0.157. The molecule has 0 bridgehead atoms. The van der Waals surface area contributed by atoms with E-state index in [2.05, 4.69) is 17.9 Å². The molecule has 1 saturated carbocycles. The molecule has 0 heterocycles. The van der Waals surface area contributed by atoms with Gasteiger partial charge in [-0.15, -0.1) is 0 Å². The third-order valence-corrected chi connectivity index (χ3v) is 3.81. The Morgan fingerprint density at radius 1 is 1.44 bits per heavy atom. The van der Waals surface area contributed by atoms with Crippen molar-refractivity contribution in [3.63, 3.8) is 0 Å². The molecule has 0 aromatic carbocycles. The van der Waals surface area contributed by atoms with Crippen LogP contribution in [0.5, 0.6) is 0 Å². The maximum atomic E-state index is 9.16. The zero-order valence-corrected chi connectivity index (χ0v) is 10.5. The molecule has 16 heavy (non-hydrogen) atoms. The fraction of sp³-hybridized carbons (Fsp3) is 0.923. The number of hydrogen-bond donors (Lipinski definition) is 1. The zero-order chi connectivity index (χ0) is 12.0. The van der Waals surface area contributed by atoms with E-state index in [1.165, 1.54) is 19.3 Å². The number of nitrogens with zero attached hydrogens (tertiary/aromatic N) is 2. The van der Waals surface area contributed by atoms with Gasteiger partial charge in [-0.25, -0.2) is 0 Å². The highest BCUT2D eigenvalue weighted by Crippen LogP contribution is 2.33. The number of rotatable bonds is 5. The van der Waals surface area contributed by atoms with Crippen LogP contribution in [0.3, 0.4) is 0 Å². The molecule has 0 spiro atoms. The van der Waals surface area contributed by atoms with E-state index in [1.807, 2.05) is 7.05 Å². The van der Waals surface area contributed by atoms with Crippen molar-refractivity contribution in [1.29, 1.82) is 5.26 Å². The van der Waals surface area contributed by atoms with Gasteiger partial charge < -0.3 is 5.11 Å². The van der Waals surface area contributed by atoms with Crippen LogP contribution in [-0.2, 0) is 0 Å². The van der Waals surface area contributed by atoms with E-state index in [0.29, 0.717) is 12.6 Å². The van der Waals surface area contributed by atoms with Crippen molar-refractivity contribution in [3.05, 3.63) is 0 Å². The first-order chi connectivity index (χ1) is 7.72. The van der Waals surface area contributed by atoms with Crippen LogP contribution in [0.15, 0.2) is 0 Å². The first-order valence-corrected chi connectivity index (χ1v) is 6.43. The minimum Gasteiger partial charge on any atom is -0.395 e. The molecule has 0 amide bonds. The molecular weight excluding hydrogens is 200 g/mol. The van der Waals surface area contributed by atoms with Gasteiger partial charge >= 0.3 is 0 Å². The highest BCUT2D eigenvalue weighted by molar-refractivity contribution is 4.96. The minimum absolute atomic E-state index is 0.157. The van der Waals surface area contributed by atoms with E-state index in [4.69, 9.17) is 10.4 Å². The maximum absolute atomic E-state index is 9.16. The van der Waals surface area contributed by atoms with Gasteiger partial charge in [0.1, 0.15) is 0 Å². The monoisotopic (exact) mass is 224 g/mol. The molecule has 0 aromatic heterocycles. The predicted molar refractivity (Wildman–Crippen MR) is 64.9 cm³/mol. The SMILES string of the molecule is CCCC1CCC(C#N)C(N(C)CCO)C1. The smallest absolute Gasteiger partial charge is 0.0672 e. The summed E-state index contributed by atoms with van der Waals surface area (Å²) >= 11 is 0. The first-order valence-electron chi connectivity index (χ1n) is 6.43. The average Bonchev–Trinajstić information content (AvgIpc) is 2.30. The average molecular weight is 224 g/mol. The lowest BCUT2D eigenvalue weighted by Crippen LogP contribution is -2.43. The molecule has 3 unspecified atom stereocenters. The first kappa shape index (κ1) is 13.5. The lowest BCUT2D eigenvalue weighted by molar-refractivity contribution is 0.102.